The average Bonchev–Trinajstić information content (AvgIpc) is 3.40. The number of fused-ring (bicyclic) bond motifs is 1. The van der Waals surface area contributed by atoms with Gasteiger partial charge >= 0.3 is 0 Å². The van der Waals surface area contributed by atoms with Crippen molar-refractivity contribution >= 4 is 34.0 Å². The molecule has 4 aromatic rings. The van der Waals surface area contributed by atoms with Crippen LogP contribution in [0, 0.1) is 0 Å². The van der Waals surface area contributed by atoms with E-state index in [9.17, 15) is 5.11 Å². The molecule has 1 aliphatic carbocycles. The Balaban J connectivity index is 0.00000336. The maximum absolute atomic E-state index is 10.5. The van der Waals surface area contributed by atoms with Gasteiger partial charge in [0.05, 0.1) is 19.9 Å². The molecule has 9 heteroatoms. The van der Waals surface area contributed by atoms with Gasteiger partial charge in [-0.3, -0.25) is 0 Å². The lowest BCUT2D eigenvalue weighted by atomic mass is 9.82. The van der Waals surface area contributed by atoms with Gasteiger partial charge in [-0.2, -0.15) is 0 Å². The van der Waals surface area contributed by atoms with E-state index in [-0.39, 0.29) is 19.0 Å². The predicted octanol–water partition coefficient (Wildman–Crippen LogP) is 5.85. The lowest BCUT2D eigenvalue weighted by molar-refractivity contribution is 0.101. The fourth-order valence-corrected chi connectivity index (χ4v) is 5.99. The van der Waals surface area contributed by atoms with E-state index in [1.807, 2.05) is 12.1 Å². The Kier molecular flexibility index (Phi) is 9.80. The van der Waals surface area contributed by atoms with E-state index in [1.54, 1.807) is 44.0 Å². The molecule has 5 rings (SSSR count). The van der Waals surface area contributed by atoms with Crippen LogP contribution >= 0.6 is 23.7 Å². The van der Waals surface area contributed by atoms with Crippen molar-refractivity contribution < 1.29 is 19.3 Å². The maximum atomic E-state index is 10.5. The topological polar surface area (TPSA) is 85.7 Å². The molecule has 2 N–H and O–H groups in total. The quantitative estimate of drug-likeness (QED) is 0.254. The van der Waals surface area contributed by atoms with Gasteiger partial charge < -0.3 is 24.6 Å². The van der Waals surface area contributed by atoms with Crippen LogP contribution in [0.1, 0.15) is 37.3 Å². The average molecular weight is 556 g/mol. The van der Waals surface area contributed by atoms with Crippen molar-refractivity contribution in [2.75, 3.05) is 27.4 Å². The summed E-state index contributed by atoms with van der Waals surface area (Å²) in [5.41, 5.74) is 3.62. The monoisotopic (exact) mass is 555 g/mol. The fraction of sp³-hybridized carbons (Fsp3) is 0.379. The van der Waals surface area contributed by atoms with Crippen LogP contribution in [0.25, 0.3) is 21.3 Å². The van der Waals surface area contributed by atoms with Crippen LogP contribution in [0.15, 0.2) is 60.2 Å². The SMILES string of the molecule is COc1ccc(OCC(O)CNC2CCC(c3ncnc4scc(-c5ccccc5)c34)CC2)cc1OC.Cl. The third-order valence-electron chi connectivity index (χ3n) is 7.04. The number of ether oxygens (including phenoxy) is 3. The highest BCUT2D eigenvalue weighted by atomic mass is 35.5. The molecule has 38 heavy (non-hydrogen) atoms. The Morgan fingerprint density at radius 1 is 1.00 bits per heavy atom. The van der Waals surface area contributed by atoms with Gasteiger partial charge in [0, 0.05) is 40.9 Å². The van der Waals surface area contributed by atoms with Crippen LogP contribution in [-0.4, -0.2) is 54.6 Å². The van der Waals surface area contributed by atoms with Crippen molar-refractivity contribution in [3.63, 3.8) is 0 Å². The van der Waals surface area contributed by atoms with Crippen LogP contribution in [0.3, 0.4) is 0 Å². The molecule has 7 nitrogen and oxygen atoms in total. The zero-order valence-corrected chi connectivity index (χ0v) is 23.3. The van der Waals surface area contributed by atoms with E-state index in [0.29, 0.717) is 35.8 Å². The zero-order valence-electron chi connectivity index (χ0n) is 21.6. The second-order valence-electron chi connectivity index (χ2n) is 9.39. The van der Waals surface area contributed by atoms with E-state index in [4.69, 9.17) is 19.2 Å². The molecule has 0 spiro atoms. The lowest BCUT2D eigenvalue weighted by Gasteiger charge is -2.30. The Bertz CT molecular complexity index is 1310. The number of methoxy groups -OCH3 is 2. The zero-order chi connectivity index (χ0) is 25.6. The largest absolute Gasteiger partial charge is 0.493 e. The fourth-order valence-electron chi connectivity index (χ4n) is 5.07. The minimum atomic E-state index is -0.605. The molecular formula is C29H34ClN3O4S. The molecule has 2 aromatic carbocycles. The molecule has 0 aliphatic heterocycles. The van der Waals surface area contributed by atoms with E-state index >= 15 is 0 Å². The number of nitrogens with one attached hydrogen (secondary N) is 1. The van der Waals surface area contributed by atoms with E-state index in [2.05, 4.69) is 39.9 Å². The number of nitrogens with zero attached hydrogens (tertiary/aromatic N) is 2. The number of benzene rings is 2. The summed E-state index contributed by atoms with van der Waals surface area (Å²) in [5.74, 6) is 2.30. The highest BCUT2D eigenvalue weighted by Crippen LogP contribution is 2.41. The summed E-state index contributed by atoms with van der Waals surface area (Å²) in [6, 6.07) is 16.2. The first-order chi connectivity index (χ1) is 18.2. The van der Waals surface area contributed by atoms with Gasteiger partial charge in [0.25, 0.3) is 0 Å². The first-order valence-corrected chi connectivity index (χ1v) is 13.6. The van der Waals surface area contributed by atoms with Gasteiger partial charge in [0.2, 0.25) is 0 Å². The molecule has 2 aromatic heterocycles. The number of hydrogen-bond donors (Lipinski definition) is 2. The van der Waals surface area contributed by atoms with Crippen molar-refractivity contribution in [1.29, 1.82) is 0 Å². The van der Waals surface area contributed by atoms with Crippen molar-refractivity contribution in [2.45, 2.75) is 43.7 Å². The van der Waals surface area contributed by atoms with Gasteiger partial charge in [-0.15, -0.1) is 23.7 Å². The minimum Gasteiger partial charge on any atom is -0.493 e. The molecule has 1 fully saturated rings. The molecule has 0 radical (unpaired) electrons. The molecule has 202 valence electrons. The number of rotatable bonds is 10. The molecule has 0 bridgehead atoms. The number of aliphatic hydroxyl groups is 1. The number of thiophene rings is 1. The van der Waals surface area contributed by atoms with Crippen LogP contribution in [-0.2, 0) is 0 Å². The van der Waals surface area contributed by atoms with Gasteiger partial charge in [-0.1, -0.05) is 30.3 Å². The van der Waals surface area contributed by atoms with Crippen molar-refractivity contribution in [3.05, 3.63) is 65.9 Å². The summed E-state index contributed by atoms with van der Waals surface area (Å²) >= 11 is 1.69. The number of aromatic nitrogens is 2. The Morgan fingerprint density at radius 2 is 1.76 bits per heavy atom. The summed E-state index contributed by atoms with van der Waals surface area (Å²) < 4.78 is 16.3. The Morgan fingerprint density at radius 3 is 2.50 bits per heavy atom. The van der Waals surface area contributed by atoms with Crippen LogP contribution in [0.5, 0.6) is 17.2 Å². The van der Waals surface area contributed by atoms with Crippen LogP contribution in [0.4, 0.5) is 0 Å². The Labute approximate surface area is 233 Å². The van der Waals surface area contributed by atoms with Crippen LogP contribution < -0.4 is 19.5 Å². The summed E-state index contributed by atoms with van der Waals surface area (Å²) in [6.07, 6.45) is 5.32. The number of halogens is 1. The normalized spacial score (nSPS) is 18.0. The lowest BCUT2D eigenvalue weighted by Crippen LogP contribution is -2.39. The molecule has 1 saturated carbocycles. The van der Waals surface area contributed by atoms with Crippen molar-refractivity contribution in [1.82, 2.24) is 15.3 Å². The molecular weight excluding hydrogens is 522 g/mol. The minimum absolute atomic E-state index is 0. The first kappa shape index (κ1) is 28.1. The van der Waals surface area contributed by atoms with E-state index in [0.717, 1.165) is 30.5 Å². The highest BCUT2D eigenvalue weighted by molar-refractivity contribution is 7.17. The third kappa shape index (κ3) is 6.38. The summed E-state index contributed by atoms with van der Waals surface area (Å²) in [7, 11) is 3.19. The van der Waals surface area contributed by atoms with E-state index < -0.39 is 6.10 Å². The smallest absolute Gasteiger partial charge is 0.164 e. The number of aliphatic hydroxyl groups excluding tert-OH is 1. The molecule has 0 amide bonds. The third-order valence-corrected chi connectivity index (χ3v) is 7.92. The van der Waals surface area contributed by atoms with Gasteiger partial charge in [-0.05, 0) is 43.4 Å². The molecule has 1 atom stereocenters. The number of hydrogen-bond acceptors (Lipinski definition) is 8. The Hall–Kier alpha value is -2.91. The summed E-state index contributed by atoms with van der Waals surface area (Å²) in [4.78, 5) is 10.4. The second-order valence-corrected chi connectivity index (χ2v) is 10.3. The molecule has 2 heterocycles. The van der Waals surface area contributed by atoms with Gasteiger partial charge in [0.1, 0.15) is 29.6 Å². The van der Waals surface area contributed by atoms with Crippen molar-refractivity contribution in [2.24, 2.45) is 0 Å². The molecule has 0 saturated heterocycles. The molecule has 1 unspecified atom stereocenters. The van der Waals surface area contributed by atoms with Crippen LogP contribution in [0.2, 0.25) is 0 Å². The maximum Gasteiger partial charge on any atom is 0.164 e. The van der Waals surface area contributed by atoms with E-state index in [1.165, 1.54) is 22.2 Å². The van der Waals surface area contributed by atoms with Gasteiger partial charge in [-0.25, -0.2) is 9.97 Å². The first-order valence-electron chi connectivity index (χ1n) is 12.7. The standard InChI is InChI=1S/C29H33N3O4S.ClH/c1-34-25-13-12-23(14-26(25)35-2)36-16-22(33)15-30-21-10-8-20(9-11-21)28-27-24(19-6-4-3-5-7-19)17-37-29(27)32-18-31-28;/h3-7,12-14,17-18,20-22,30,33H,8-11,15-16H2,1-2H3;1H. The summed E-state index contributed by atoms with van der Waals surface area (Å²) in [5, 5.41) is 17.4. The predicted molar refractivity (Wildman–Crippen MR) is 154 cm³/mol. The second kappa shape index (κ2) is 13.2. The highest BCUT2D eigenvalue weighted by Gasteiger charge is 2.26. The van der Waals surface area contributed by atoms with Gasteiger partial charge in [0.15, 0.2) is 11.5 Å². The summed E-state index contributed by atoms with van der Waals surface area (Å²) in [6.45, 7) is 0.695. The van der Waals surface area contributed by atoms with Crippen molar-refractivity contribution in [3.8, 4) is 28.4 Å². The molecule has 1 aliphatic rings.